The normalized spacial score (nSPS) is 62.2. The van der Waals surface area contributed by atoms with E-state index in [2.05, 4.69) is 0 Å². The van der Waals surface area contributed by atoms with Crippen molar-refractivity contribution in [1.82, 2.24) is 0 Å². The molecule has 4 N–H and O–H groups in total. The minimum atomic E-state index is -1.30. The van der Waals surface area contributed by atoms with Gasteiger partial charge in [-0.2, -0.15) is 0 Å². The van der Waals surface area contributed by atoms with Crippen LogP contribution in [0.3, 0.4) is 0 Å². The quantitative estimate of drug-likeness (QED) is 0.289. The van der Waals surface area contributed by atoms with E-state index in [0.29, 0.717) is 0 Å². The van der Waals surface area contributed by atoms with Gasteiger partial charge >= 0.3 is 0 Å². The molecule has 5 heteroatoms. The lowest BCUT2D eigenvalue weighted by molar-refractivity contribution is -0.121. The van der Waals surface area contributed by atoms with Crippen LogP contribution in [-0.2, 0) is 4.74 Å². The van der Waals surface area contributed by atoms with E-state index in [1.165, 1.54) is 0 Å². The lowest BCUT2D eigenvalue weighted by atomic mass is 9.90. The van der Waals surface area contributed by atoms with E-state index in [0.717, 1.165) is 0 Å². The number of aliphatic hydroxyl groups is 4. The van der Waals surface area contributed by atoms with E-state index in [-0.39, 0.29) is 0 Å². The summed E-state index contributed by atoms with van der Waals surface area (Å²) in [6.07, 6.45) is -5.73. The third-order valence-corrected chi connectivity index (χ3v) is 2.28. The number of ether oxygens (including phenoxy) is 1. The number of rotatable bonds is 0. The molecule has 5 nitrogen and oxygen atoms in total. The van der Waals surface area contributed by atoms with Gasteiger partial charge in [-0.1, -0.05) is 0 Å². The number of hydrogen-bond donors (Lipinski definition) is 4. The summed E-state index contributed by atoms with van der Waals surface area (Å²) in [5.41, 5.74) is 0. The van der Waals surface area contributed by atoms with Crippen LogP contribution in [0.5, 0.6) is 0 Å². The molecule has 2 unspecified atom stereocenters. The van der Waals surface area contributed by atoms with Gasteiger partial charge in [0.2, 0.25) is 0 Å². The summed E-state index contributed by atoms with van der Waals surface area (Å²) in [7, 11) is 0. The largest absolute Gasteiger partial charge is 0.387 e. The van der Waals surface area contributed by atoms with Crippen LogP contribution in [0.15, 0.2) is 0 Å². The summed E-state index contributed by atoms with van der Waals surface area (Å²) in [5.74, 6) is 0. The molecule has 0 bridgehead atoms. The molecule has 1 saturated heterocycles. The van der Waals surface area contributed by atoms with Crippen LogP contribution in [-0.4, -0.2) is 57.0 Å². The van der Waals surface area contributed by atoms with Crippen LogP contribution in [0.1, 0.15) is 0 Å². The standard InChI is InChI=1S/C6H10O5/c7-1-2(8)4(10)6-5(11-6)3(1)9/h1-10H/t1-,2-,3?,4?,5-,6+/m0/s1. The highest BCUT2D eigenvalue weighted by Crippen LogP contribution is 2.37. The van der Waals surface area contributed by atoms with Crippen molar-refractivity contribution in [2.75, 3.05) is 0 Å². The van der Waals surface area contributed by atoms with Gasteiger partial charge in [0.15, 0.2) is 0 Å². The Morgan fingerprint density at radius 3 is 1.36 bits per heavy atom. The van der Waals surface area contributed by atoms with Gasteiger partial charge in [0.05, 0.1) is 0 Å². The fourth-order valence-corrected chi connectivity index (χ4v) is 1.48. The van der Waals surface area contributed by atoms with E-state index < -0.39 is 36.6 Å². The van der Waals surface area contributed by atoms with Gasteiger partial charge in [-0.15, -0.1) is 0 Å². The van der Waals surface area contributed by atoms with Crippen molar-refractivity contribution in [1.29, 1.82) is 0 Å². The van der Waals surface area contributed by atoms with Gasteiger partial charge in [0.1, 0.15) is 36.6 Å². The Kier molecular flexibility index (Phi) is 1.45. The molecule has 0 aromatic heterocycles. The van der Waals surface area contributed by atoms with Crippen LogP contribution in [0.4, 0.5) is 0 Å². The summed E-state index contributed by atoms with van der Waals surface area (Å²) >= 11 is 0. The third kappa shape index (κ3) is 0.896. The number of epoxide rings is 1. The zero-order valence-electron chi connectivity index (χ0n) is 5.66. The highest BCUT2D eigenvalue weighted by atomic mass is 16.6. The topological polar surface area (TPSA) is 93.5 Å². The fraction of sp³-hybridized carbons (Fsp3) is 1.00. The van der Waals surface area contributed by atoms with Crippen molar-refractivity contribution < 1.29 is 25.2 Å². The predicted octanol–water partition coefficient (Wildman–Crippen LogP) is -2.79. The molecule has 6 atom stereocenters. The second-order valence-electron chi connectivity index (χ2n) is 3.03. The molecule has 1 saturated carbocycles. The predicted molar refractivity (Wildman–Crippen MR) is 32.7 cm³/mol. The van der Waals surface area contributed by atoms with E-state index >= 15 is 0 Å². The van der Waals surface area contributed by atoms with Gasteiger partial charge in [-0.05, 0) is 0 Å². The molecule has 0 aromatic carbocycles. The molecule has 1 aliphatic carbocycles. The zero-order valence-corrected chi connectivity index (χ0v) is 5.66. The summed E-state index contributed by atoms with van der Waals surface area (Å²) in [4.78, 5) is 0. The first-order valence-corrected chi connectivity index (χ1v) is 3.50. The number of hydrogen-bond acceptors (Lipinski definition) is 5. The fourth-order valence-electron chi connectivity index (χ4n) is 1.48. The molecular weight excluding hydrogens is 152 g/mol. The summed E-state index contributed by atoms with van der Waals surface area (Å²) in [5, 5.41) is 36.4. The molecule has 2 aliphatic rings. The lowest BCUT2D eigenvalue weighted by Crippen LogP contribution is -2.53. The summed E-state index contributed by atoms with van der Waals surface area (Å²) in [6.45, 7) is 0. The molecule has 0 spiro atoms. The average molecular weight is 162 g/mol. The Morgan fingerprint density at radius 1 is 0.636 bits per heavy atom. The van der Waals surface area contributed by atoms with Crippen LogP contribution in [0.25, 0.3) is 0 Å². The van der Waals surface area contributed by atoms with E-state index in [1.807, 2.05) is 0 Å². The Labute approximate surface area is 62.8 Å². The lowest BCUT2D eigenvalue weighted by Gasteiger charge is -2.28. The first-order chi connectivity index (χ1) is 5.13. The second kappa shape index (κ2) is 2.15. The van der Waals surface area contributed by atoms with E-state index in [4.69, 9.17) is 25.2 Å². The Morgan fingerprint density at radius 2 is 1.00 bits per heavy atom. The van der Waals surface area contributed by atoms with Crippen LogP contribution < -0.4 is 0 Å². The molecule has 2 fully saturated rings. The monoisotopic (exact) mass is 162 g/mol. The summed E-state index contributed by atoms with van der Waals surface area (Å²) < 4.78 is 4.82. The molecule has 11 heavy (non-hydrogen) atoms. The second-order valence-corrected chi connectivity index (χ2v) is 3.03. The van der Waals surface area contributed by atoms with Crippen molar-refractivity contribution in [3.05, 3.63) is 0 Å². The molecule has 0 aromatic rings. The van der Waals surface area contributed by atoms with Crippen LogP contribution >= 0.6 is 0 Å². The minimum Gasteiger partial charge on any atom is -0.387 e. The zero-order chi connectivity index (χ0) is 8.17. The average Bonchev–Trinajstić information content (AvgIpc) is 2.76. The van der Waals surface area contributed by atoms with Gasteiger partial charge in [0.25, 0.3) is 0 Å². The van der Waals surface area contributed by atoms with Crippen molar-refractivity contribution in [2.24, 2.45) is 0 Å². The van der Waals surface area contributed by atoms with Crippen molar-refractivity contribution >= 4 is 0 Å². The van der Waals surface area contributed by atoms with Crippen molar-refractivity contribution in [3.63, 3.8) is 0 Å². The van der Waals surface area contributed by atoms with Crippen LogP contribution in [0.2, 0.25) is 0 Å². The van der Waals surface area contributed by atoms with Gasteiger partial charge in [-0.3, -0.25) is 0 Å². The molecule has 1 aliphatic heterocycles. The third-order valence-electron chi connectivity index (χ3n) is 2.28. The maximum absolute atomic E-state index is 9.13. The van der Waals surface area contributed by atoms with Crippen molar-refractivity contribution in [3.8, 4) is 0 Å². The van der Waals surface area contributed by atoms with Gasteiger partial charge in [0, 0.05) is 0 Å². The first kappa shape index (κ1) is 7.45. The number of fused-ring (bicyclic) bond motifs is 1. The van der Waals surface area contributed by atoms with Gasteiger partial charge < -0.3 is 25.2 Å². The molecular formula is C6H10O5. The molecule has 2 rings (SSSR count). The van der Waals surface area contributed by atoms with Crippen molar-refractivity contribution in [2.45, 2.75) is 36.6 Å². The van der Waals surface area contributed by atoms with Crippen LogP contribution in [0, 0.1) is 0 Å². The maximum atomic E-state index is 9.13. The Hall–Kier alpha value is -0.200. The smallest absolute Gasteiger partial charge is 0.115 e. The number of aliphatic hydroxyl groups excluding tert-OH is 4. The molecule has 0 radical (unpaired) electrons. The molecule has 64 valence electrons. The summed E-state index contributed by atoms with van der Waals surface area (Å²) in [6, 6.07) is 0. The van der Waals surface area contributed by atoms with Gasteiger partial charge in [-0.25, -0.2) is 0 Å². The molecule has 0 amide bonds. The molecule has 1 heterocycles. The first-order valence-electron chi connectivity index (χ1n) is 3.50. The Balaban J connectivity index is 2.13. The minimum absolute atomic E-state index is 0.497. The highest BCUT2D eigenvalue weighted by Gasteiger charge is 2.59. The maximum Gasteiger partial charge on any atom is 0.115 e. The van der Waals surface area contributed by atoms with E-state index in [1.54, 1.807) is 0 Å². The SMILES string of the molecule is OC1[C@@H](O)[C@H](O)C(O)[C@@H]2O[C@H]12. The highest BCUT2D eigenvalue weighted by molar-refractivity contribution is 5.07. The Bertz CT molecular complexity index is 154. The van der Waals surface area contributed by atoms with E-state index in [9.17, 15) is 0 Å².